The van der Waals surface area contributed by atoms with Crippen LogP contribution in [0.15, 0.2) is 36.7 Å². The van der Waals surface area contributed by atoms with Gasteiger partial charge in [0.25, 0.3) is 5.91 Å². The zero-order valence-corrected chi connectivity index (χ0v) is 16.9. The molecule has 0 radical (unpaired) electrons. The lowest BCUT2D eigenvalue weighted by atomic mass is 9.98. The lowest BCUT2D eigenvalue weighted by molar-refractivity contribution is 0.0159. The molecule has 0 saturated carbocycles. The monoisotopic (exact) mass is 399 g/mol. The zero-order valence-electron chi connectivity index (χ0n) is 16.9. The number of benzene rings is 1. The summed E-state index contributed by atoms with van der Waals surface area (Å²) in [6, 6.07) is 9.70. The third-order valence-corrected chi connectivity index (χ3v) is 4.97. The first-order chi connectivity index (χ1) is 13.9. The maximum Gasteiger partial charge on any atom is 0.270 e. The van der Waals surface area contributed by atoms with Crippen molar-refractivity contribution in [2.24, 2.45) is 0 Å². The van der Waals surface area contributed by atoms with Crippen molar-refractivity contribution < 1.29 is 15.0 Å². The zero-order chi connectivity index (χ0) is 20.9. The first kappa shape index (κ1) is 21.2. The fraction of sp³-hybridized carbons (Fsp3) is 0.476. The van der Waals surface area contributed by atoms with Crippen molar-refractivity contribution in [2.75, 3.05) is 31.6 Å². The van der Waals surface area contributed by atoms with E-state index in [0.717, 1.165) is 19.5 Å². The summed E-state index contributed by atoms with van der Waals surface area (Å²) in [6.45, 7) is 5.74. The summed E-state index contributed by atoms with van der Waals surface area (Å²) in [7, 11) is 0. The molecule has 0 aliphatic carbocycles. The van der Waals surface area contributed by atoms with Gasteiger partial charge in [0.05, 0.1) is 12.2 Å². The van der Waals surface area contributed by atoms with Crippen molar-refractivity contribution in [1.29, 1.82) is 0 Å². The molecular formula is C21H29N5O3. The first-order valence-corrected chi connectivity index (χ1v) is 9.85. The summed E-state index contributed by atoms with van der Waals surface area (Å²) in [6.07, 6.45) is 2.26. The van der Waals surface area contributed by atoms with Crippen LogP contribution in [0.4, 0.5) is 5.82 Å². The Bertz CT molecular complexity index is 843. The number of carbonyl (C=O) groups excluding carboxylic acids is 1. The molecule has 3 rings (SSSR count). The quantitative estimate of drug-likeness (QED) is 0.520. The molecule has 4 N–H and O–H groups in total. The topological polar surface area (TPSA) is 111 Å². The molecule has 1 aliphatic rings. The van der Waals surface area contributed by atoms with Gasteiger partial charge in [-0.15, -0.1) is 0 Å². The van der Waals surface area contributed by atoms with E-state index in [1.54, 1.807) is 13.8 Å². The predicted octanol–water partition coefficient (Wildman–Crippen LogP) is 0.808. The molecule has 29 heavy (non-hydrogen) atoms. The third kappa shape index (κ3) is 5.96. The average molecular weight is 399 g/mol. The smallest absolute Gasteiger partial charge is 0.270 e. The number of amides is 1. The highest BCUT2D eigenvalue weighted by molar-refractivity contribution is 5.92. The second kappa shape index (κ2) is 9.30. The molecule has 2 unspecified atom stereocenters. The minimum Gasteiger partial charge on any atom is -0.394 e. The molecule has 1 aromatic heterocycles. The maximum atomic E-state index is 12.5. The number of carbonyl (C=O) groups is 1. The molecule has 2 aromatic rings. The highest BCUT2D eigenvalue weighted by Gasteiger charge is 2.27. The molecule has 8 heteroatoms. The van der Waals surface area contributed by atoms with Gasteiger partial charge in [-0.2, -0.15) is 0 Å². The fourth-order valence-corrected chi connectivity index (χ4v) is 3.45. The van der Waals surface area contributed by atoms with Crippen LogP contribution in [0, 0.1) is 0 Å². The Kier molecular flexibility index (Phi) is 6.79. The van der Waals surface area contributed by atoms with E-state index in [9.17, 15) is 9.90 Å². The van der Waals surface area contributed by atoms with Gasteiger partial charge < -0.3 is 20.8 Å². The Labute approximate surface area is 171 Å². The number of nitrogens with one attached hydrogen (secondary N) is 2. The molecule has 156 valence electrons. The summed E-state index contributed by atoms with van der Waals surface area (Å²) in [5.74, 6) is 0.0850. The van der Waals surface area contributed by atoms with Crippen molar-refractivity contribution in [3.63, 3.8) is 0 Å². The van der Waals surface area contributed by atoms with Crippen LogP contribution in [0.2, 0.25) is 0 Å². The number of aliphatic hydroxyl groups excluding tert-OH is 1. The lowest BCUT2D eigenvalue weighted by Crippen LogP contribution is -2.49. The van der Waals surface area contributed by atoms with Gasteiger partial charge in [-0.1, -0.05) is 24.3 Å². The molecular weight excluding hydrogens is 370 g/mol. The van der Waals surface area contributed by atoms with E-state index in [2.05, 4.69) is 43.7 Å². The van der Waals surface area contributed by atoms with Crippen molar-refractivity contribution in [3.8, 4) is 0 Å². The van der Waals surface area contributed by atoms with Crippen molar-refractivity contribution in [3.05, 3.63) is 53.5 Å². The average Bonchev–Trinajstić information content (AvgIpc) is 2.71. The van der Waals surface area contributed by atoms with Gasteiger partial charge in [0.2, 0.25) is 0 Å². The Morgan fingerprint density at radius 1 is 1.31 bits per heavy atom. The molecule has 0 fully saturated rings. The number of aromatic nitrogens is 2. The van der Waals surface area contributed by atoms with E-state index in [-0.39, 0.29) is 30.8 Å². The van der Waals surface area contributed by atoms with Gasteiger partial charge in [-0.05, 0) is 31.4 Å². The first-order valence-electron chi connectivity index (χ1n) is 9.85. The van der Waals surface area contributed by atoms with Crippen molar-refractivity contribution >= 4 is 11.7 Å². The van der Waals surface area contributed by atoms with Crippen LogP contribution in [-0.4, -0.2) is 68.9 Å². The third-order valence-electron chi connectivity index (χ3n) is 4.97. The minimum atomic E-state index is -1.07. The SMILES string of the molecule is CC(CO)Nc1cc(C(=O)NCC(C)(O)CN2CCc3ccccc3C2)ncn1. The number of nitrogens with zero attached hydrogens (tertiary/aromatic N) is 3. The summed E-state index contributed by atoms with van der Waals surface area (Å²) in [4.78, 5) is 22.7. The van der Waals surface area contributed by atoms with E-state index in [1.807, 2.05) is 6.07 Å². The van der Waals surface area contributed by atoms with Crippen LogP contribution >= 0.6 is 0 Å². The standard InChI is InChI=1S/C21H29N5O3/c1-15(11-27)25-19-9-18(23-14-24-19)20(28)22-12-21(2,29)13-26-8-7-16-5-3-4-6-17(16)10-26/h3-6,9,14-15,27,29H,7-8,10-13H2,1-2H3,(H,22,28)(H,23,24,25). The van der Waals surface area contributed by atoms with Crippen LogP contribution < -0.4 is 10.6 Å². The normalized spacial score (nSPS) is 17.1. The van der Waals surface area contributed by atoms with Gasteiger partial charge in [-0.25, -0.2) is 9.97 Å². The van der Waals surface area contributed by atoms with Crippen LogP contribution in [0.1, 0.15) is 35.5 Å². The largest absolute Gasteiger partial charge is 0.394 e. The molecule has 0 saturated heterocycles. The Balaban J connectivity index is 1.53. The van der Waals surface area contributed by atoms with E-state index in [0.29, 0.717) is 12.4 Å². The molecule has 1 aliphatic heterocycles. The van der Waals surface area contributed by atoms with Crippen molar-refractivity contribution in [1.82, 2.24) is 20.2 Å². The molecule has 1 aromatic carbocycles. The number of rotatable bonds is 8. The number of anilines is 1. The van der Waals surface area contributed by atoms with Crippen LogP contribution in [0.3, 0.4) is 0 Å². The number of fused-ring (bicyclic) bond motifs is 1. The van der Waals surface area contributed by atoms with Gasteiger partial charge in [0, 0.05) is 38.3 Å². The molecule has 2 heterocycles. The Morgan fingerprint density at radius 2 is 2.07 bits per heavy atom. The minimum absolute atomic E-state index is 0.0463. The number of hydrogen-bond donors (Lipinski definition) is 4. The summed E-state index contributed by atoms with van der Waals surface area (Å²) in [5, 5.41) is 25.7. The highest BCUT2D eigenvalue weighted by atomic mass is 16.3. The molecule has 0 bridgehead atoms. The number of aliphatic hydroxyl groups is 2. The van der Waals surface area contributed by atoms with E-state index in [1.165, 1.54) is 23.5 Å². The van der Waals surface area contributed by atoms with Gasteiger partial charge >= 0.3 is 0 Å². The molecule has 8 nitrogen and oxygen atoms in total. The predicted molar refractivity (Wildman–Crippen MR) is 111 cm³/mol. The summed E-state index contributed by atoms with van der Waals surface area (Å²) >= 11 is 0. The Hall–Kier alpha value is -2.55. The van der Waals surface area contributed by atoms with E-state index >= 15 is 0 Å². The summed E-state index contributed by atoms with van der Waals surface area (Å²) < 4.78 is 0. The summed E-state index contributed by atoms with van der Waals surface area (Å²) in [5.41, 5.74) is 1.79. The van der Waals surface area contributed by atoms with Gasteiger partial charge in [0.15, 0.2) is 0 Å². The van der Waals surface area contributed by atoms with Crippen molar-refractivity contribution in [2.45, 2.75) is 38.5 Å². The van der Waals surface area contributed by atoms with Gasteiger partial charge in [0.1, 0.15) is 17.8 Å². The van der Waals surface area contributed by atoms with Crippen LogP contribution in [-0.2, 0) is 13.0 Å². The highest BCUT2D eigenvalue weighted by Crippen LogP contribution is 2.20. The molecule has 1 amide bonds. The van der Waals surface area contributed by atoms with E-state index in [4.69, 9.17) is 5.11 Å². The second-order valence-electron chi connectivity index (χ2n) is 7.93. The maximum absolute atomic E-state index is 12.5. The lowest BCUT2D eigenvalue weighted by Gasteiger charge is -2.34. The molecule has 0 spiro atoms. The fourth-order valence-electron chi connectivity index (χ4n) is 3.45. The molecule has 2 atom stereocenters. The number of hydrogen-bond acceptors (Lipinski definition) is 7. The number of β-amino-alcohol motifs (C(OH)–C–C–N with tert-alkyl or cyclic N) is 1. The van der Waals surface area contributed by atoms with E-state index < -0.39 is 5.60 Å². The van der Waals surface area contributed by atoms with Crippen LogP contribution in [0.25, 0.3) is 0 Å². The van der Waals surface area contributed by atoms with Gasteiger partial charge in [-0.3, -0.25) is 9.69 Å². The second-order valence-corrected chi connectivity index (χ2v) is 7.93. The Morgan fingerprint density at radius 3 is 2.83 bits per heavy atom. The van der Waals surface area contributed by atoms with Crippen LogP contribution in [0.5, 0.6) is 0 Å².